The van der Waals surface area contributed by atoms with Gasteiger partial charge in [-0.1, -0.05) is 0 Å². The fourth-order valence-corrected chi connectivity index (χ4v) is 1.78. The zero-order chi connectivity index (χ0) is 15.3. The minimum atomic E-state index is -0.451. The molecule has 5 heteroatoms. The molecule has 0 fully saturated rings. The molecule has 0 saturated carbocycles. The van der Waals surface area contributed by atoms with Gasteiger partial charge in [-0.3, -0.25) is 9.59 Å². The molecule has 0 aliphatic rings. The van der Waals surface area contributed by atoms with E-state index >= 15 is 0 Å². The molecule has 1 aromatic carbocycles. The van der Waals surface area contributed by atoms with Gasteiger partial charge in [0.25, 0.3) is 5.91 Å². The quantitative estimate of drug-likeness (QED) is 0.779. The third-order valence-corrected chi connectivity index (χ3v) is 2.89. The van der Waals surface area contributed by atoms with E-state index in [0.717, 1.165) is 0 Å². The molecular formula is C15H20FNO3. The minimum absolute atomic E-state index is 0.110. The number of carbonyl (C=O) groups is 2. The predicted octanol–water partition coefficient (Wildman–Crippen LogP) is 2.55. The molecule has 0 aromatic heterocycles. The molecule has 0 aliphatic heterocycles. The molecule has 0 radical (unpaired) electrons. The van der Waals surface area contributed by atoms with Crippen LogP contribution in [0.1, 0.15) is 36.7 Å². The van der Waals surface area contributed by atoms with Crippen molar-refractivity contribution in [3.8, 4) is 0 Å². The van der Waals surface area contributed by atoms with Gasteiger partial charge in [0.2, 0.25) is 0 Å². The van der Waals surface area contributed by atoms with Crippen LogP contribution in [0.5, 0.6) is 0 Å². The van der Waals surface area contributed by atoms with E-state index in [1.165, 1.54) is 23.1 Å². The maximum Gasteiger partial charge on any atom is 0.325 e. The lowest BCUT2D eigenvalue weighted by Crippen LogP contribution is -2.41. The highest BCUT2D eigenvalue weighted by Gasteiger charge is 2.22. The zero-order valence-corrected chi connectivity index (χ0v) is 12.3. The molecule has 0 spiro atoms. The van der Waals surface area contributed by atoms with Crippen molar-refractivity contribution in [3.63, 3.8) is 0 Å². The third kappa shape index (κ3) is 4.05. The van der Waals surface area contributed by atoms with Gasteiger partial charge in [-0.25, -0.2) is 4.39 Å². The summed E-state index contributed by atoms with van der Waals surface area (Å²) < 4.78 is 18.1. The summed E-state index contributed by atoms with van der Waals surface area (Å²) in [5, 5.41) is 0. The normalized spacial score (nSPS) is 10.5. The lowest BCUT2D eigenvalue weighted by Gasteiger charge is -2.26. The number of nitrogens with zero attached hydrogens (tertiary/aromatic N) is 1. The van der Waals surface area contributed by atoms with Gasteiger partial charge in [0.15, 0.2) is 0 Å². The molecule has 20 heavy (non-hydrogen) atoms. The Bertz CT molecular complexity index is 500. The fraction of sp³-hybridized carbons (Fsp3) is 0.467. The molecular weight excluding hydrogens is 261 g/mol. The minimum Gasteiger partial charge on any atom is -0.465 e. The Kier molecular flexibility index (Phi) is 5.67. The number of hydrogen-bond acceptors (Lipinski definition) is 3. The molecule has 1 rings (SSSR count). The first-order valence-electron chi connectivity index (χ1n) is 6.59. The van der Waals surface area contributed by atoms with Gasteiger partial charge in [-0.15, -0.1) is 0 Å². The van der Waals surface area contributed by atoms with E-state index in [1.807, 2.05) is 13.8 Å². The highest BCUT2D eigenvalue weighted by Crippen LogP contribution is 2.13. The number of amides is 1. The number of aryl methyl sites for hydroxylation is 1. The van der Waals surface area contributed by atoms with Crippen molar-refractivity contribution in [1.29, 1.82) is 0 Å². The summed E-state index contributed by atoms with van der Waals surface area (Å²) in [7, 11) is 0. The lowest BCUT2D eigenvalue weighted by atomic mass is 10.1. The highest BCUT2D eigenvalue weighted by atomic mass is 19.1. The largest absolute Gasteiger partial charge is 0.465 e. The second-order valence-corrected chi connectivity index (χ2v) is 4.80. The molecule has 1 aromatic rings. The van der Waals surface area contributed by atoms with Gasteiger partial charge in [-0.05, 0) is 51.5 Å². The monoisotopic (exact) mass is 281 g/mol. The van der Waals surface area contributed by atoms with Gasteiger partial charge >= 0.3 is 5.97 Å². The Hall–Kier alpha value is -1.91. The van der Waals surface area contributed by atoms with Crippen molar-refractivity contribution in [1.82, 2.24) is 4.90 Å². The van der Waals surface area contributed by atoms with Crippen LogP contribution >= 0.6 is 0 Å². The Balaban J connectivity index is 2.93. The average Bonchev–Trinajstić information content (AvgIpc) is 2.38. The second-order valence-electron chi connectivity index (χ2n) is 4.80. The van der Waals surface area contributed by atoms with Crippen LogP contribution in [0.25, 0.3) is 0 Å². The first kappa shape index (κ1) is 16.1. The molecule has 0 saturated heterocycles. The van der Waals surface area contributed by atoms with E-state index in [-0.39, 0.29) is 30.9 Å². The summed E-state index contributed by atoms with van der Waals surface area (Å²) in [5.41, 5.74) is 0.762. The van der Waals surface area contributed by atoms with Crippen molar-refractivity contribution in [3.05, 3.63) is 35.1 Å². The molecule has 4 nitrogen and oxygen atoms in total. The number of halogens is 1. The summed E-state index contributed by atoms with van der Waals surface area (Å²) in [6.45, 7) is 7.09. The number of ether oxygens (including phenoxy) is 1. The molecule has 110 valence electrons. The van der Waals surface area contributed by atoms with Gasteiger partial charge in [0, 0.05) is 11.6 Å². The Morgan fingerprint density at radius 3 is 2.50 bits per heavy atom. The van der Waals surface area contributed by atoms with E-state index in [2.05, 4.69) is 0 Å². The second kappa shape index (κ2) is 7.03. The van der Waals surface area contributed by atoms with Crippen LogP contribution in [-0.4, -0.2) is 36.0 Å². The summed E-state index contributed by atoms with van der Waals surface area (Å²) in [6, 6.07) is 4.01. The van der Waals surface area contributed by atoms with Crippen LogP contribution in [0, 0.1) is 12.7 Å². The van der Waals surface area contributed by atoms with E-state index in [0.29, 0.717) is 11.1 Å². The van der Waals surface area contributed by atoms with Crippen molar-refractivity contribution >= 4 is 11.9 Å². The molecule has 0 unspecified atom stereocenters. The topological polar surface area (TPSA) is 46.6 Å². The summed E-state index contributed by atoms with van der Waals surface area (Å²) in [4.78, 5) is 25.3. The van der Waals surface area contributed by atoms with Gasteiger partial charge in [0.05, 0.1) is 6.61 Å². The Labute approximate surface area is 118 Å². The number of rotatable bonds is 5. The number of carbonyl (C=O) groups excluding carboxylic acids is 2. The summed E-state index contributed by atoms with van der Waals surface area (Å²) >= 11 is 0. The lowest BCUT2D eigenvalue weighted by molar-refractivity contribution is -0.144. The van der Waals surface area contributed by atoms with Crippen molar-refractivity contribution in [2.75, 3.05) is 13.2 Å². The van der Waals surface area contributed by atoms with Crippen LogP contribution in [0.2, 0.25) is 0 Å². The van der Waals surface area contributed by atoms with E-state index < -0.39 is 5.97 Å². The molecule has 0 aliphatic carbocycles. The van der Waals surface area contributed by atoms with E-state index in [1.54, 1.807) is 13.8 Å². The molecule has 0 atom stereocenters. The average molecular weight is 281 g/mol. The van der Waals surface area contributed by atoms with Crippen LogP contribution in [0.4, 0.5) is 4.39 Å². The summed E-state index contributed by atoms with van der Waals surface area (Å²) in [6.07, 6.45) is 0. The van der Waals surface area contributed by atoms with Crippen molar-refractivity contribution in [2.24, 2.45) is 0 Å². The van der Waals surface area contributed by atoms with Crippen LogP contribution in [-0.2, 0) is 9.53 Å². The highest BCUT2D eigenvalue weighted by molar-refractivity contribution is 5.96. The Morgan fingerprint density at radius 2 is 2.00 bits per heavy atom. The Morgan fingerprint density at radius 1 is 1.35 bits per heavy atom. The molecule has 0 heterocycles. The number of benzene rings is 1. The van der Waals surface area contributed by atoms with Crippen LogP contribution < -0.4 is 0 Å². The van der Waals surface area contributed by atoms with Gasteiger partial charge in [-0.2, -0.15) is 0 Å². The SMILES string of the molecule is CCOC(=O)CN(C(=O)c1ccc(F)c(C)c1)C(C)C. The van der Waals surface area contributed by atoms with Gasteiger partial charge < -0.3 is 9.64 Å². The maximum absolute atomic E-state index is 13.2. The number of hydrogen-bond donors (Lipinski definition) is 0. The van der Waals surface area contributed by atoms with Crippen molar-refractivity contribution in [2.45, 2.75) is 33.7 Å². The zero-order valence-electron chi connectivity index (χ0n) is 12.3. The number of esters is 1. The molecule has 1 amide bonds. The standard InChI is InChI=1S/C15H20FNO3/c1-5-20-14(18)9-17(10(2)3)15(19)12-6-7-13(16)11(4)8-12/h6-8,10H,5,9H2,1-4H3. The van der Waals surface area contributed by atoms with Crippen LogP contribution in [0.3, 0.4) is 0 Å². The van der Waals surface area contributed by atoms with Crippen molar-refractivity contribution < 1.29 is 18.7 Å². The summed E-state index contributed by atoms with van der Waals surface area (Å²) in [5.74, 6) is -1.12. The first-order valence-corrected chi connectivity index (χ1v) is 6.59. The third-order valence-electron chi connectivity index (χ3n) is 2.89. The molecule has 0 N–H and O–H groups in total. The molecule has 0 bridgehead atoms. The van der Waals surface area contributed by atoms with Gasteiger partial charge in [0.1, 0.15) is 12.4 Å². The van der Waals surface area contributed by atoms with Crippen LogP contribution in [0.15, 0.2) is 18.2 Å². The fourth-order valence-electron chi connectivity index (χ4n) is 1.78. The van der Waals surface area contributed by atoms with E-state index in [9.17, 15) is 14.0 Å². The smallest absolute Gasteiger partial charge is 0.325 e. The first-order chi connectivity index (χ1) is 9.36. The predicted molar refractivity (Wildman–Crippen MR) is 73.9 cm³/mol. The maximum atomic E-state index is 13.2. The van der Waals surface area contributed by atoms with E-state index in [4.69, 9.17) is 4.74 Å².